The van der Waals surface area contributed by atoms with Gasteiger partial charge in [-0.05, 0) is 11.1 Å². The monoisotopic (exact) mass is 242 g/mol. The van der Waals surface area contributed by atoms with E-state index < -0.39 is 5.97 Å². The number of carbonyl (C=O) groups excluding carboxylic acids is 1. The maximum atomic E-state index is 10.2. The summed E-state index contributed by atoms with van der Waals surface area (Å²) >= 11 is 0. The molecule has 0 bridgehead atoms. The van der Waals surface area contributed by atoms with E-state index in [0.29, 0.717) is 0 Å². The Balaban J connectivity index is 0.000000331. The minimum atomic E-state index is -0.412. The normalized spacial score (nSPS) is 8.22. The highest BCUT2D eigenvalue weighted by Crippen LogP contribution is 2.10. The van der Waals surface area contributed by atoms with Gasteiger partial charge in [-0.2, -0.15) is 0 Å². The van der Waals surface area contributed by atoms with E-state index in [9.17, 15) is 4.79 Å². The van der Waals surface area contributed by atoms with Gasteiger partial charge in [0, 0.05) is 6.08 Å². The first kappa shape index (κ1) is 15.7. The smallest absolute Gasteiger partial charge is 0.330 e. The topological polar surface area (TPSA) is 26.3 Å². The molecule has 0 saturated heterocycles. The van der Waals surface area contributed by atoms with Crippen molar-refractivity contribution >= 4 is 18.1 Å². The van der Waals surface area contributed by atoms with Gasteiger partial charge in [0.05, 0.1) is 0 Å². The van der Waals surface area contributed by atoms with E-state index in [4.69, 9.17) is 0 Å². The molecule has 18 heavy (non-hydrogen) atoms. The molecule has 2 nitrogen and oxygen atoms in total. The fraction of sp³-hybridized carbons (Fsp3) is 0.0625. The first-order valence-electron chi connectivity index (χ1n) is 5.43. The molecule has 1 rings (SSSR count). The van der Waals surface area contributed by atoms with Gasteiger partial charge >= 0.3 is 5.97 Å². The number of ether oxygens (including phenoxy) is 1. The Morgan fingerprint density at radius 2 is 1.56 bits per heavy atom. The van der Waals surface area contributed by atoms with Crippen LogP contribution in [0.1, 0.15) is 11.1 Å². The van der Waals surface area contributed by atoms with Crippen LogP contribution in [-0.4, -0.2) is 12.6 Å². The van der Waals surface area contributed by atoms with Crippen molar-refractivity contribution in [2.24, 2.45) is 0 Å². The summed E-state index contributed by atoms with van der Waals surface area (Å²) in [5.41, 5.74) is 2.27. The summed E-state index contributed by atoms with van der Waals surface area (Å²) in [4.78, 5) is 10.2. The highest BCUT2D eigenvalue weighted by atomic mass is 16.5. The Labute approximate surface area is 109 Å². The van der Waals surface area contributed by atoms with Crippen LogP contribution in [0.15, 0.2) is 62.7 Å². The molecule has 0 aliphatic heterocycles. The molecule has 0 N–H and O–H groups in total. The zero-order valence-corrected chi connectivity index (χ0v) is 10.5. The predicted octanol–water partition coefficient (Wildman–Crippen LogP) is 3.87. The van der Waals surface area contributed by atoms with Crippen LogP contribution in [-0.2, 0) is 9.53 Å². The third-order valence-electron chi connectivity index (χ3n) is 1.95. The van der Waals surface area contributed by atoms with Gasteiger partial charge in [0.2, 0.25) is 0 Å². The molecular formula is C16H18O2. The Bertz CT molecular complexity index is 403. The van der Waals surface area contributed by atoms with Crippen LogP contribution in [0.5, 0.6) is 0 Å². The lowest BCUT2D eigenvalue weighted by Gasteiger charge is -1.96. The van der Waals surface area contributed by atoms with Crippen LogP contribution in [0.2, 0.25) is 0 Å². The molecule has 2 heteroatoms. The maximum Gasteiger partial charge on any atom is 0.330 e. The average Bonchev–Trinajstić information content (AvgIpc) is 2.45. The zero-order valence-electron chi connectivity index (χ0n) is 10.5. The van der Waals surface area contributed by atoms with Gasteiger partial charge in [-0.15, -0.1) is 0 Å². The highest BCUT2D eigenvalue weighted by Gasteiger charge is 1.89. The minimum Gasteiger partial charge on any atom is -0.458 e. The van der Waals surface area contributed by atoms with Crippen molar-refractivity contribution in [3.05, 3.63) is 73.9 Å². The quantitative estimate of drug-likeness (QED) is 0.445. The van der Waals surface area contributed by atoms with Gasteiger partial charge in [-0.25, -0.2) is 4.79 Å². The average molecular weight is 242 g/mol. The fourth-order valence-electron chi connectivity index (χ4n) is 1.08. The minimum absolute atomic E-state index is 0.255. The third-order valence-corrected chi connectivity index (χ3v) is 1.95. The number of esters is 1. The first-order chi connectivity index (χ1) is 8.69. The molecule has 1 aromatic carbocycles. The fourth-order valence-corrected chi connectivity index (χ4v) is 1.08. The Morgan fingerprint density at radius 3 is 1.89 bits per heavy atom. The van der Waals surface area contributed by atoms with Crippen LogP contribution in [0.4, 0.5) is 0 Å². The second kappa shape index (κ2) is 9.85. The molecule has 0 saturated carbocycles. The van der Waals surface area contributed by atoms with Crippen molar-refractivity contribution < 1.29 is 9.53 Å². The molecule has 0 atom stereocenters. The molecule has 0 aliphatic rings. The van der Waals surface area contributed by atoms with Crippen molar-refractivity contribution in [3.8, 4) is 0 Å². The maximum absolute atomic E-state index is 10.2. The van der Waals surface area contributed by atoms with E-state index in [-0.39, 0.29) is 6.61 Å². The predicted molar refractivity (Wildman–Crippen MR) is 78.0 cm³/mol. The molecule has 0 fully saturated rings. The van der Waals surface area contributed by atoms with Gasteiger partial charge in [0.15, 0.2) is 0 Å². The van der Waals surface area contributed by atoms with Crippen molar-refractivity contribution in [2.45, 2.75) is 0 Å². The molecular weight excluding hydrogens is 224 g/mol. The van der Waals surface area contributed by atoms with E-state index in [1.54, 1.807) is 0 Å². The zero-order chi connectivity index (χ0) is 13.8. The number of benzene rings is 1. The van der Waals surface area contributed by atoms with Gasteiger partial charge in [-0.1, -0.05) is 68.8 Å². The second-order valence-corrected chi connectivity index (χ2v) is 3.16. The molecule has 0 spiro atoms. The van der Waals surface area contributed by atoms with Crippen LogP contribution < -0.4 is 0 Å². The summed E-state index contributed by atoms with van der Waals surface area (Å²) in [6.07, 6.45) is 6.28. The van der Waals surface area contributed by atoms with Gasteiger partial charge in [-0.3, -0.25) is 0 Å². The van der Waals surface area contributed by atoms with Crippen molar-refractivity contribution in [1.29, 1.82) is 0 Å². The number of hydrogen-bond acceptors (Lipinski definition) is 2. The first-order valence-corrected chi connectivity index (χ1v) is 5.43. The Kier molecular flexibility index (Phi) is 8.56. The van der Waals surface area contributed by atoms with E-state index in [1.807, 2.05) is 36.4 Å². The Morgan fingerprint density at radius 1 is 1.06 bits per heavy atom. The van der Waals surface area contributed by atoms with Gasteiger partial charge in [0.25, 0.3) is 0 Å². The molecule has 0 aromatic heterocycles. The lowest BCUT2D eigenvalue weighted by Crippen LogP contribution is -1.98. The summed E-state index contributed by atoms with van der Waals surface area (Å²) in [5.74, 6) is -0.412. The van der Waals surface area contributed by atoms with E-state index in [2.05, 4.69) is 31.1 Å². The third kappa shape index (κ3) is 6.28. The second-order valence-electron chi connectivity index (χ2n) is 3.16. The summed E-state index contributed by atoms with van der Waals surface area (Å²) in [5, 5.41) is 0. The lowest BCUT2D eigenvalue weighted by molar-refractivity contribution is -0.136. The molecule has 0 radical (unpaired) electrons. The highest BCUT2D eigenvalue weighted by molar-refractivity contribution is 5.81. The summed E-state index contributed by atoms with van der Waals surface area (Å²) in [6.45, 7) is 14.2. The lowest BCUT2D eigenvalue weighted by atomic mass is 10.1. The van der Waals surface area contributed by atoms with Gasteiger partial charge < -0.3 is 4.74 Å². The number of hydrogen-bond donors (Lipinski definition) is 0. The summed E-state index contributed by atoms with van der Waals surface area (Å²) in [6, 6.07) is 8.02. The largest absolute Gasteiger partial charge is 0.458 e. The standard InChI is InChI=1S/C10H10.C6H8O2/c1-3-9-7-5-6-8-10(9)4-2;1-3-5-8-6(7)4-2/h3-8H,1-2H2;3-4H,1-2,5H2. The van der Waals surface area contributed by atoms with E-state index in [0.717, 1.165) is 17.2 Å². The van der Waals surface area contributed by atoms with E-state index >= 15 is 0 Å². The van der Waals surface area contributed by atoms with Crippen LogP contribution in [0, 0.1) is 0 Å². The molecule has 0 heterocycles. The van der Waals surface area contributed by atoms with E-state index in [1.165, 1.54) is 6.08 Å². The molecule has 1 aromatic rings. The van der Waals surface area contributed by atoms with Crippen LogP contribution >= 0.6 is 0 Å². The molecule has 94 valence electrons. The van der Waals surface area contributed by atoms with Crippen LogP contribution in [0.25, 0.3) is 12.2 Å². The van der Waals surface area contributed by atoms with Crippen molar-refractivity contribution in [3.63, 3.8) is 0 Å². The number of rotatable bonds is 5. The number of carbonyl (C=O) groups is 1. The van der Waals surface area contributed by atoms with Gasteiger partial charge in [0.1, 0.15) is 6.61 Å². The molecule has 0 unspecified atom stereocenters. The van der Waals surface area contributed by atoms with Crippen molar-refractivity contribution in [2.75, 3.05) is 6.61 Å². The summed E-state index contributed by atoms with van der Waals surface area (Å²) in [7, 11) is 0. The Hall–Kier alpha value is -2.35. The van der Waals surface area contributed by atoms with Crippen molar-refractivity contribution in [1.82, 2.24) is 0 Å². The summed E-state index contributed by atoms with van der Waals surface area (Å²) < 4.78 is 4.47. The molecule has 0 aliphatic carbocycles. The SMILES string of the molecule is C=CCOC(=O)C=C.C=Cc1ccccc1C=C. The van der Waals surface area contributed by atoms with Crippen LogP contribution in [0.3, 0.4) is 0 Å². The molecule has 0 amide bonds.